The lowest BCUT2D eigenvalue weighted by molar-refractivity contribution is 0.0521. The van der Waals surface area contributed by atoms with Gasteiger partial charge in [-0.3, -0.25) is 0 Å². The number of hydrogen-bond donors (Lipinski definition) is 0. The van der Waals surface area contributed by atoms with E-state index in [-0.39, 0.29) is 18.7 Å². The van der Waals surface area contributed by atoms with Crippen LogP contribution in [0.3, 0.4) is 0 Å². The fourth-order valence-electron chi connectivity index (χ4n) is 1.15. The second-order valence-corrected chi connectivity index (χ2v) is 2.92. The summed E-state index contributed by atoms with van der Waals surface area (Å²) in [7, 11) is 0. The molecule has 0 unspecified atom stereocenters. The second-order valence-electron chi connectivity index (χ2n) is 2.92. The number of carbonyl (C=O) groups excluding carboxylic acids is 1. The van der Waals surface area contributed by atoms with Crippen molar-refractivity contribution in [1.29, 1.82) is 0 Å². The summed E-state index contributed by atoms with van der Waals surface area (Å²) < 4.78 is 17.9. The summed E-state index contributed by atoms with van der Waals surface area (Å²) in [5.74, 6) is -1.37. The zero-order valence-electron chi connectivity index (χ0n) is 8.68. The smallest absolute Gasteiger partial charge is 0.341 e. The first kappa shape index (κ1) is 12.0. The van der Waals surface area contributed by atoms with Crippen molar-refractivity contribution in [1.82, 2.24) is 0 Å². The molecule has 0 aromatic heterocycles. The van der Waals surface area contributed by atoms with Gasteiger partial charge >= 0.3 is 5.97 Å². The predicted molar refractivity (Wildman–Crippen MR) is 55.2 cm³/mol. The molecular formula is C10H10FN3O2. The fourth-order valence-corrected chi connectivity index (χ4v) is 1.15. The summed E-state index contributed by atoms with van der Waals surface area (Å²) in [4.78, 5) is 13.9. The zero-order valence-corrected chi connectivity index (χ0v) is 8.68. The van der Waals surface area contributed by atoms with Crippen LogP contribution in [-0.2, 0) is 11.3 Å². The molecule has 0 atom stereocenters. The second kappa shape index (κ2) is 5.72. The molecule has 0 N–H and O–H groups in total. The molecule has 6 heteroatoms. The predicted octanol–water partition coefficient (Wildman–Crippen LogP) is 2.81. The minimum absolute atomic E-state index is 0.0726. The van der Waals surface area contributed by atoms with E-state index in [1.165, 1.54) is 12.1 Å². The molecule has 1 aromatic carbocycles. The molecule has 0 amide bonds. The summed E-state index contributed by atoms with van der Waals surface area (Å²) in [6, 6.07) is 3.92. The average Bonchev–Trinajstić information content (AvgIpc) is 2.28. The van der Waals surface area contributed by atoms with Crippen LogP contribution in [0.2, 0.25) is 0 Å². The lowest BCUT2D eigenvalue weighted by atomic mass is 10.1. The molecule has 0 saturated carbocycles. The van der Waals surface area contributed by atoms with Gasteiger partial charge in [-0.2, -0.15) is 0 Å². The Hall–Kier alpha value is -2.07. The third kappa shape index (κ3) is 2.96. The number of esters is 1. The summed E-state index contributed by atoms with van der Waals surface area (Å²) in [5, 5.41) is 3.32. The summed E-state index contributed by atoms with van der Waals surface area (Å²) in [6.07, 6.45) is 0. The van der Waals surface area contributed by atoms with Gasteiger partial charge in [0, 0.05) is 4.91 Å². The SMILES string of the molecule is CCOC(=O)c1cc(CN=[N+]=[N-])ccc1F. The van der Waals surface area contributed by atoms with Crippen molar-refractivity contribution in [3.63, 3.8) is 0 Å². The highest BCUT2D eigenvalue weighted by molar-refractivity contribution is 5.89. The first-order valence-corrected chi connectivity index (χ1v) is 4.65. The number of carbonyl (C=O) groups is 1. The molecule has 0 saturated heterocycles. The molecule has 0 fully saturated rings. The quantitative estimate of drug-likeness (QED) is 0.340. The van der Waals surface area contributed by atoms with Gasteiger partial charge in [-0.1, -0.05) is 11.2 Å². The van der Waals surface area contributed by atoms with Crippen molar-refractivity contribution in [3.8, 4) is 0 Å². The van der Waals surface area contributed by atoms with E-state index in [4.69, 9.17) is 5.53 Å². The van der Waals surface area contributed by atoms with Crippen molar-refractivity contribution in [2.45, 2.75) is 13.5 Å². The number of hydrogen-bond acceptors (Lipinski definition) is 3. The maximum atomic E-state index is 13.3. The third-order valence-electron chi connectivity index (χ3n) is 1.84. The van der Waals surface area contributed by atoms with Crippen LogP contribution in [0.1, 0.15) is 22.8 Å². The summed E-state index contributed by atoms with van der Waals surface area (Å²) >= 11 is 0. The first-order chi connectivity index (χ1) is 7.69. The van der Waals surface area contributed by atoms with Crippen molar-refractivity contribution in [2.75, 3.05) is 6.61 Å². The van der Waals surface area contributed by atoms with Crippen molar-refractivity contribution >= 4 is 5.97 Å². The standard InChI is InChI=1S/C10H10FN3O2/c1-2-16-10(15)8-5-7(6-13-14-12)3-4-9(8)11/h3-5H,2,6H2,1H3. The Labute approximate surface area is 91.5 Å². The van der Waals surface area contributed by atoms with E-state index >= 15 is 0 Å². The van der Waals surface area contributed by atoms with Crippen LogP contribution >= 0.6 is 0 Å². The fraction of sp³-hybridized carbons (Fsp3) is 0.300. The highest BCUT2D eigenvalue weighted by Crippen LogP contribution is 2.13. The Morgan fingerprint density at radius 3 is 3.00 bits per heavy atom. The third-order valence-corrected chi connectivity index (χ3v) is 1.84. The Morgan fingerprint density at radius 1 is 1.62 bits per heavy atom. The normalized spacial score (nSPS) is 9.38. The first-order valence-electron chi connectivity index (χ1n) is 4.65. The van der Waals surface area contributed by atoms with Gasteiger partial charge in [0.25, 0.3) is 0 Å². The van der Waals surface area contributed by atoms with E-state index in [0.29, 0.717) is 5.56 Å². The molecule has 0 heterocycles. The maximum Gasteiger partial charge on any atom is 0.341 e. The van der Waals surface area contributed by atoms with Crippen LogP contribution in [0, 0.1) is 5.82 Å². The molecular weight excluding hydrogens is 213 g/mol. The Bertz CT molecular complexity index is 442. The van der Waals surface area contributed by atoms with Crippen LogP contribution in [0.5, 0.6) is 0 Å². The lowest BCUT2D eigenvalue weighted by Crippen LogP contribution is -2.07. The van der Waals surface area contributed by atoms with Crippen molar-refractivity contribution in [3.05, 3.63) is 45.6 Å². The van der Waals surface area contributed by atoms with Crippen LogP contribution in [-0.4, -0.2) is 12.6 Å². The zero-order chi connectivity index (χ0) is 12.0. The Kier molecular flexibility index (Phi) is 4.29. The molecule has 0 aliphatic heterocycles. The Morgan fingerprint density at radius 2 is 2.38 bits per heavy atom. The van der Waals surface area contributed by atoms with E-state index in [9.17, 15) is 9.18 Å². The number of halogens is 1. The Balaban J connectivity index is 2.98. The maximum absolute atomic E-state index is 13.3. The van der Waals surface area contributed by atoms with Crippen LogP contribution in [0.4, 0.5) is 4.39 Å². The molecule has 5 nitrogen and oxygen atoms in total. The van der Waals surface area contributed by atoms with Gasteiger partial charge in [0.2, 0.25) is 0 Å². The van der Waals surface area contributed by atoms with Gasteiger partial charge < -0.3 is 4.74 Å². The van der Waals surface area contributed by atoms with Crippen LogP contribution in [0.25, 0.3) is 10.4 Å². The summed E-state index contributed by atoms with van der Waals surface area (Å²) in [6.45, 7) is 1.89. The minimum Gasteiger partial charge on any atom is -0.462 e. The summed E-state index contributed by atoms with van der Waals surface area (Å²) in [5.41, 5.74) is 8.55. The highest BCUT2D eigenvalue weighted by Gasteiger charge is 2.12. The number of nitrogens with zero attached hydrogens (tertiary/aromatic N) is 3. The highest BCUT2D eigenvalue weighted by atomic mass is 19.1. The largest absolute Gasteiger partial charge is 0.462 e. The van der Waals surface area contributed by atoms with E-state index in [2.05, 4.69) is 14.8 Å². The molecule has 16 heavy (non-hydrogen) atoms. The topological polar surface area (TPSA) is 75.1 Å². The van der Waals surface area contributed by atoms with Gasteiger partial charge in [-0.15, -0.1) is 0 Å². The molecule has 0 bridgehead atoms. The van der Waals surface area contributed by atoms with Crippen molar-refractivity contribution < 1.29 is 13.9 Å². The molecule has 0 spiro atoms. The number of azide groups is 1. The van der Waals surface area contributed by atoms with E-state index in [0.717, 1.165) is 6.07 Å². The van der Waals surface area contributed by atoms with Gasteiger partial charge in [0.15, 0.2) is 0 Å². The monoisotopic (exact) mass is 223 g/mol. The molecule has 84 valence electrons. The molecule has 0 aliphatic rings. The minimum atomic E-state index is -0.720. The van der Waals surface area contributed by atoms with Crippen molar-refractivity contribution in [2.24, 2.45) is 5.11 Å². The van der Waals surface area contributed by atoms with Gasteiger partial charge in [-0.05, 0) is 30.2 Å². The molecule has 0 radical (unpaired) electrons. The number of ether oxygens (including phenoxy) is 1. The molecule has 1 rings (SSSR count). The van der Waals surface area contributed by atoms with Crippen LogP contribution in [0.15, 0.2) is 23.3 Å². The van der Waals surface area contributed by atoms with Gasteiger partial charge in [0.1, 0.15) is 5.82 Å². The number of rotatable bonds is 4. The van der Waals surface area contributed by atoms with E-state index in [1.807, 2.05) is 0 Å². The number of benzene rings is 1. The molecule has 1 aromatic rings. The average molecular weight is 223 g/mol. The van der Waals surface area contributed by atoms with Gasteiger partial charge in [0.05, 0.1) is 18.7 Å². The van der Waals surface area contributed by atoms with E-state index < -0.39 is 11.8 Å². The van der Waals surface area contributed by atoms with Crippen LogP contribution < -0.4 is 0 Å². The molecule has 0 aliphatic carbocycles. The van der Waals surface area contributed by atoms with Gasteiger partial charge in [-0.25, -0.2) is 9.18 Å². The lowest BCUT2D eigenvalue weighted by Gasteiger charge is -2.04. The van der Waals surface area contributed by atoms with E-state index in [1.54, 1.807) is 6.92 Å².